The molecule has 2 N–H and O–H groups in total. The van der Waals surface area contributed by atoms with E-state index in [1.165, 1.54) is 5.56 Å². The van der Waals surface area contributed by atoms with Gasteiger partial charge in [-0.25, -0.2) is 4.79 Å². The van der Waals surface area contributed by atoms with E-state index in [2.05, 4.69) is 16.7 Å². The maximum atomic E-state index is 12.0. The van der Waals surface area contributed by atoms with E-state index in [0.29, 0.717) is 6.54 Å². The van der Waals surface area contributed by atoms with Crippen molar-refractivity contribution in [3.8, 4) is 5.69 Å². The van der Waals surface area contributed by atoms with Crippen molar-refractivity contribution in [1.29, 1.82) is 0 Å². The zero-order chi connectivity index (χ0) is 16.1. The van der Waals surface area contributed by atoms with Crippen molar-refractivity contribution in [3.63, 3.8) is 0 Å². The third-order valence-corrected chi connectivity index (χ3v) is 3.56. The zero-order valence-corrected chi connectivity index (χ0v) is 13.0. The maximum absolute atomic E-state index is 12.0. The molecule has 0 saturated heterocycles. The zero-order valence-electron chi connectivity index (χ0n) is 13.0. The summed E-state index contributed by atoms with van der Waals surface area (Å²) in [4.78, 5) is 12.0. The number of nitrogens with one attached hydrogen (secondary N) is 2. The number of carbonyl (C=O) groups is 1. The van der Waals surface area contributed by atoms with Crippen LogP contribution in [0.15, 0.2) is 73.1 Å². The van der Waals surface area contributed by atoms with E-state index in [4.69, 9.17) is 0 Å². The third-order valence-electron chi connectivity index (χ3n) is 3.56. The topological polar surface area (TPSA) is 46.1 Å². The van der Waals surface area contributed by atoms with Gasteiger partial charge in [-0.2, -0.15) is 0 Å². The molecule has 0 unspecified atom stereocenters. The molecule has 0 fully saturated rings. The van der Waals surface area contributed by atoms with Crippen LogP contribution in [0.4, 0.5) is 10.5 Å². The lowest BCUT2D eigenvalue weighted by Gasteiger charge is -2.09. The van der Waals surface area contributed by atoms with Gasteiger partial charge in [0.15, 0.2) is 0 Å². The molecule has 1 heterocycles. The van der Waals surface area contributed by atoms with Gasteiger partial charge >= 0.3 is 6.03 Å². The summed E-state index contributed by atoms with van der Waals surface area (Å²) in [6.45, 7) is 2.55. The van der Waals surface area contributed by atoms with Gasteiger partial charge in [-0.3, -0.25) is 0 Å². The fraction of sp³-hybridized carbons (Fsp3) is 0.105. The van der Waals surface area contributed by atoms with Gasteiger partial charge in [0.25, 0.3) is 0 Å². The summed E-state index contributed by atoms with van der Waals surface area (Å²) in [5.41, 5.74) is 4.09. The average molecular weight is 305 g/mol. The molecule has 0 aliphatic heterocycles. The van der Waals surface area contributed by atoms with E-state index in [9.17, 15) is 4.79 Å². The molecule has 0 bridgehead atoms. The fourth-order valence-electron chi connectivity index (χ4n) is 2.40. The van der Waals surface area contributed by atoms with E-state index in [1.807, 2.05) is 78.5 Å². The summed E-state index contributed by atoms with van der Waals surface area (Å²) < 4.78 is 2.02. The highest BCUT2D eigenvalue weighted by atomic mass is 16.2. The Morgan fingerprint density at radius 3 is 2.43 bits per heavy atom. The molecule has 0 atom stereocenters. The number of benzene rings is 2. The second-order valence-electron chi connectivity index (χ2n) is 5.43. The Labute approximate surface area is 135 Å². The predicted octanol–water partition coefficient (Wildman–Crippen LogP) is 4.11. The molecule has 23 heavy (non-hydrogen) atoms. The lowest BCUT2D eigenvalue weighted by molar-refractivity contribution is 0.251. The van der Waals surface area contributed by atoms with Crippen molar-refractivity contribution in [3.05, 3.63) is 84.2 Å². The van der Waals surface area contributed by atoms with Crippen LogP contribution >= 0.6 is 0 Å². The number of aromatic nitrogens is 1. The summed E-state index contributed by atoms with van der Waals surface area (Å²) >= 11 is 0. The van der Waals surface area contributed by atoms with E-state index in [1.54, 1.807) is 0 Å². The molecule has 116 valence electrons. The number of anilines is 1. The van der Waals surface area contributed by atoms with Crippen molar-refractivity contribution in [2.75, 3.05) is 5.32 Å². The van der Waals surface area contributed by atoms with Crippen LogP contribution in [0.2, 0.25) is 0 Å². The number of rotatable bonds is 4. The Hall–Kier alpha value is -3.01. The molecule has 4 heteroatoms. The first-order valence-corrected chi connectivity index (χ1v) is 7.54. The molecule has 1 aromatic heterocycles. The molecular weight excluding hydrogens is 286 g/mol. The largest absolute Gasteiger partial charge is 0.334 e. The third kappa shape index (κ3) is 4.01. The summed E-state index contributed by atoms with van der Waals surface area (Å²) in [7, 11) is 0. The van der Waals surface area contributed by atoms with Crippen LogP contribution in [0.3, 0.4) is 0 Å². The number of urea groups is 1. The van der Waals surface area contributed by atoms with Crippen molar-refractivity contribution >= 4 is 11.7 Å². The second-order valence-corrected chi connectivity index (χ2v) is 5.43. The summed E-state index contributed by atoms with van der Waals surface area (Å²) in [6.07, 6.45) is 3.97. The summed E-state index contributed by atoms with van der Waals surface area (Å²) in [5, 5.41) is 5.70. The number of hydrogen-bond donors (Lipinski definition) is 2. The molecular formula is C19H19N3O. The van der Waals surface area contributed by atoms with Crippen molar-refractivity contribution < 1.29 is 4.79 Å². The van der Waals surface area contributed by atoms with E-state index < -0.39 is 0 Å². The minimum absolute atomic E-state index is 0.208. The highest BCUT2D eigenvalue weighted by Gasteiger charge is 2.02. The van der Waals surface area contributed by atoms with Crippen LogP contribution in [-0.2, 0) is 6.54 Å². The molecule has 3 rings (SSSR count). The molecule has 4 nitrogen and oxygen atoms in total. The van der Waals surface area contributed by atoms with Crippen LogP contribution in [0.5, 0.6) is 0 Å². The van der Waals surface area contributed by atoms with Gasteiger partial charge in [0.2, 0.25) is 0 Å². The number of nitrogens with zero attached hydrogens (tertiary/aromatic N) is 1. The second kappa shape index (κ2) is 6.83. The fourth-order valence-corrected chi connectivity index (χ4v) is 2.40. The number of amides is 2. The maximum Gasteiger partial charge on any atom is 0.319 e. The lowest BCUT2D eigenvalue weighted by Crippen LogP contribution is -2.28. The Balaban J connectivity index is 1.55. The van der Waals surface area contributed by atoms with Gasteiger partial charge in [0.05, 0.1) is 0 Å². The minimum Gasteiger partial charge on any atom is -0.334 e. The Bertz CT molecular complexity index is 777. The van der Waals surface area contributed by atoms with Gasteiger partial charge < -0.3 is 15.2 Å². The van der Waals surface area contributed by atoms with Crippen LogP contribution in [0.25, 0.3) is 5.69 Å². The Morgan fingerprint density at radius 2 is 1.74 bits per heavy atom. The lowest BCUT2D eigenvalue weighted by atomic mass is 10.1. The Morgan fingerprint density at radius 1 is 1.00 bits per heavy atom. The highest BCUT2D eigenvalue weighted by Crippen LogP contribution is 2.13. The average Bonchev–Trinajstić information content (AvgIpc) is 3.08. The number of hydrogen-bond acceptors (Lipinski definition) is 1. The SMILES string of the molecule is Cc1cccc(CNC(=O)Nc2ccc(-n3cccc3)cc2)c1. The van der Waals surface area contributed by atoms with E-state index in [0.717, 1.165) is 16.9 Å². The molecule has 0 saturated carbocycles. The molecule has 2 amide bonds. The smallest absolute Gasteiger partial charge is 0.319 e. The van der Waals surface area contributed by atoms with Crippen molar-refractivity contribution in [1.82, 2.24) is 9.88 Å². The van der Waals surface area contributed by atoms with Crippen LogP contribution < -0.4 is 10.6 Å². The molecule has 0 radical (unpaired) electrons. The molecule has 0 spiro atoms. The number of aryl methyl sites for hydroxylation is 1. The first-order chi connectivity index (χ1) is 11.2. The minimum atomic E-state index is -0.208. The molecule has 2 aromatic carbocycles. The van der Waals surface area contributed by atoms with Gasteiger partial charge in [0, 0.05) is 30.3 Å². The first-order valence-electron chi connectivity index (χ1n) is 7.54. The van der Waals surface area contributed by atoms with Crippen LogP contribution in [0.1, 0.15) is 11.1 Å². The first kappa shape index (κ1) is 14.9. The highest BCUT2D eigenvalue weighted by molar-refractivity contribution is 5.89. The normalized spacial score (nSPS) is 10.3. The summed E-state index contributed by atoms with van der Waals surface area (Å²) in [5.74, 6) is 0. The van der Waals surface area contributed by atoms with Crippen LogP contribution in [0, 0.1) is 6.92 Å². The quantitative estimate of drug-likeness (QED) is 0.748. The predicted molar refractivity (Wildman–Crippen MR) is 92.8 cm³/mol. The molecule has 0 aliphatic rings. The monoisotopic (exact) mass is 305 g/mol. The van der Waals surface area contributed by atoms with Gasteiger partial charge in [-0.15, -0.1) is 0 Å². The summed E-state index contributed by atoms with van der Waals surface area (Å²) in [6, 6.07) is 19.6. The van der Waals surface area contributed by atoms with E-state index >= 15 is 0 Å². The number of carbonyl (C=O) groups excluding carboxylic acids is 1. The standard InChI is InChI=1S/C19H19N3O/c1-15-5-4-6-16(13-15)14-20-19(23)21-17-7-9-18(10-8-17)22-11-2-3-12-22/h2-13H,14H2,1H3,(H2,20,21,23). The van der Waals surface area contributed by atoms with Crippen molar-refractivity contribution in [2.45, 2.75) is 13.5 Å². The van der Waals surface area contributed by atoms with Crippen LogP contribution in [-0.4, -0.2) is 10.6 Å². The van der Waals surface area contributed by atoms with Crippen molar-refractivity contribution in [2.24, 2.45) is 0 Å². The Kier molecular flexibility index (Phi) is 4.43. The molecule has 0 aliphatic carbocycles. The van der Waals surface area contributed by atoms with Gasteiger partial charge in [-0.05, 0) is 48.9 Å². The van der Waals surface area contributed by atoms with Gasteiger partial charge in [-0.1, -0.05) is 29.8 Å². The molecule has 3 aromatic rings. The van der Waals surface area contributed by atoms with Gasteiger partial charge in [0.1, 0.15) is 0 Å². The van der Waals surface area contributed by atoms with E-state index in [-0.39, 0.29) is 6.03 Å².